The molecule has 7 nitrogen and oxygen atoms in total. The van der Waals surface area contributed by atoms with Crippen LogP contribution in [0, 0.1) is 5.92 Å². The average Bonchev–Trinajstić information content (AvgIpc) is 3.13. The minimum absolute atomic E-state index is 0.0389. The second kappa shape index (κ2) is 7.09. The first-order valence-electron chi connectivity index (χ1n) is 8.27. The third kappa shape index (κ3) is 3.32. The molecule has 0 saturated carbocycles. The molecule has 0 radical (unpaired) electrons. The van der Waals surface area contributed by atoms with Crippen LogP contribution in [-0.4, -0.2) is 38.9 Å². The van der Waals surface area contributed by atoms with E-state index in [2.05, 4.69) is 30.2 Å². The van der Waals surface area contributed by atoms with Crippen LogP contribution in [0.1, 0.15) is 12.8 Å². The van der Waals surface area contributed by atoms with E-state index in [0.29, 0.717) is 27.9 Å². The lowest BCUT2D eigenvalue weighted by molar-refractivity contribution is -0.120. The number of halogens is 2. The minimum atomic E-state index is -0.147. The van der Waals surface area contributed by atoms with E-state index in [1.165, 1.54) is 6.33 Å². The second-order valence-electron chi connectivity index (χ2n) is 6.20. The quantitative estimate of drug-likeness (QED) is 0.714. The Morgan fingerprint density at radius 3 is 2.96 bits per heavy atom. The van der Waals surface area contributed by atoms with Gasteiger partial charge in [-0.25, -0.2) is 15.0 Å². The number of amides is 1. The highest BCUT2D eigenvalue weighted by Gasteiger charge is 2.28. The molecule has 1 aromatic carbocycles. The van der Waals surface area contributed by atoms with Gasteiger partial charge in [-0.2, -0.15) is 0 Å². The Balaban J connectivity index is 1.50. The van der Waals surface area contributed by atoms with Crippen molar-refractivity contribution in [1.29, 1.82) is 0 Å². The lowest BCUT2D eigenvalue weighted by atomic mass is 9.97. The van der Waals surface area contributed by atoms with E-state index in [1.54, 1.807) is 24.5 Å². The molecule has 0 unspecified atom stereocenters. The molecule has 1 aliphatic heterocycles. The SMILES string of the molecule is O=C(Nc1ccc(Cl)c(Cl)c1)[C@@H]1CCCN(c2ncnc3nc[nH]c23)C1. The third-order valence-electron chi connectivity index (χ3n) is 4.48. The van der Waals surface area contributed by atoms with E-state index >= 15 is 0 Å². The number of imidazole rings is 1. The van der Waals surface area contributed by atoms with Gasteiger partial charge in [0.2, 0.25) is 5.91 Å². The molecular weight excluding hydrogens is 375 g/mol. The maximum atomic E-state index is 12.7. The van der Waals surface area contributed by atoms with Gasteiger partial charge in [0.05, 0.1) is 22.3 Å². The number of H-pyrrole nitrogens is 1. The molecular formula is C17H16Cl2N6O. The Morgan fingerprint density at radius 2 is 2.12 bits per heavy atom. The van der Waals surface area contributed by atoms with E-state index in [0.717, 1.165) is 30.7 Å². The van der Waals surface area contributed by atoms with Crippen molar-refractivity contribution in [2.45, 2.75) is 12.8 Å². The lowest BCUT2D eigenvalue weighted by Gasteiger charge is -2.32. The van der Waals surface area contributed by atoms with Gasteiger partial charge in [0, 0.05) is 18.8 Å². The number of hydrogen-bond donors (Lipinski definition) is 2. The normalized spacial score (nSPS) is 17.5. The molecule has 26 heavy (non-hydrogen) atoms. The average molecular weight is 391 g/mol. The Hall–Kier alpha value is -2.38. The lowest BCUT2D eigenvalue weighted by Crippen LogP contribution is -2.41. The summed E-state index contributed by atoms with van der Waals surface area (Å²) in [4.78, 5) is 30.5. The predicted octanol–water partition coefficient (Wildman–Crippen LogP) is 3.51. The summed E-state index contributed by atoms with van der Waals surface area (Å²) < 4.78 is 0. The van der Waals surface area contributed by atoms with Crippen molar-refractivity contribution in [1.82, 2.24) is 19.9 Å². The fourth-order valence-electron chi connectivity index (χ4n) is 3.19. The Kier molecular flexibility index (Phi) is 4.65. The van der Waals surface area contributed by atoms with Crippen LogP contribution in [0.4, 0.5) is 11.5 Å². The van der Waals surface area contributed by atoms with Crippen LogP contribution in [0.25, 0.3) is 11.2 Å². The summed E-state index contributed by atoms with van der Waals surface area (Å²) in [6.07, 6.45) is 4.82. The van der Waals surface area contributed by atoms with E-state index in [-0.39, 0.29) is 11.8 Å². The Bertz CT molecular complexity index is 959. The molecule has 4 rings (SSSR count). The molecule has 1 saturated heterocycles. The number of aromatic amines is 1. The molecule has 134 valence electrons. The number of carbonyl (C=O) groups excluding carboxylic acids is 1. The molecule has 0 spiro atoms. The molecule has 1 atom stereocenters. The van der Waals surface area contributed by atoms with Crippen molar-refractivity contribution in [2.24, 2.45) is 5.92 Å². The summed E-state index contributed by atoms with van der Waals surface area (Å²) in [6.45, 7) is 1.42. The number of piperidine rings is 1. The molecule has 3 aromatic rings. The van der Waals surface area contributed by atoms with Crippen LogP contribution in [0.3, 0.4) is 0 Å². The highest BCUT2D eigenvalue weighted by Crippen LogP contribution is 2.28. The fourth-order valence-corrected chi connectivity index (χ4v) is 3.49. The van der Waals surface area contributed by atoms with Crippen molar-refractivity contribution in [3.63, 3.8) is 0 Å². The van der Waals surface area contributed by atoms with Gasteiger partial charge in [0.25, 0.3) is 0 Å². The molecule has 1 aliphatic rings. The van der Waals surface area contributed by atoms with Gasteiger partial charge < -0.3 is 15.2 Å². The van der Waals surface area contributed by atoms with Crippen molar-refractivity contribution < 1.29 is 4.79 Å². The number of aromatic nitrogens is 4. The maximum Gasteiger partial charge on any atom is 0.229 e. The fraction of sp³-hybridized carbons (Fsp3) is 0.294. The van der Waals surface area contributed by atoms with E-state index in [4.69, 9.17) is 23.2 Å². The zero-order chi connectivity index (χ0) is 18.1. The summed E-state index contributed by atoms with van der Waals surface area (Å²) >= 11 is 11.9. The van der Waals surface area contributed by atoms with Crippen molar-refractivity contribution in [3.05, 3.63) is 40.9 Å². The monoisotopic (exact) mass is 390 g/mol. The first-order chi connectivity index (χ1) is 12.6. The smallest absolute Gasteiger partial charge is 0.229 e. The number of rotatable bonds is 3. The minimum Gasteiger partial charge on any atom is -0.354 e. The second-order valence-corrected chi connectivity index (χ2v) is 7.02. The number of nitrogens with zero attached hydrogens (tertiary/aromatic N) is 4. The van der Waals surface area contributed by atoms with Gasteiger partial charge in [-0.15, -0.1) is 0 Å². The number of anilines is 2. The van der Waals surface area contributed by atoms with Crippen LogP contribution in [0.15, 0.2) is 30.9 Å². The van der Waals surface area contributed by atoms with E-state index in [9.17, 15) is 4.79 Å². The van der Waals surface area contributed by atoms with Crippen LogP contribution in [0.2, 0.25) is 10.0 Å². The van der Waals surface area contributed by atoms with Crippen molar-refractivity contribution in [2.75, 3.05) is 23.3 Å². The number of benzene rings is 1. The number of fused-ring (bicyclic) bond motifs is 1. The van der Waals surface area contributed by atoms with Gasteiger partial charge >= 0.3 is 0 Å². The van der Waals surface area contributed by atoms with Crippen molar-refractivity contribution >= 4 is 51.8 Å². The number of hydrogen-bond acceptors (Lipinski definition) is 5. The molecule has 9 heteroatoms. The van der Waals surface area contributed by atoms with Gasteiger partial charge in [-0.1, -0.05) is 23.2 Å². The van der Waals surface area contributed by atoms with Gasteiger partial charge in [0.1, 0.15) is 11.8 Å². The summed E-state index contributed by atoms with van der Waals surface area (Å²) in [5.41, 5.74) is 2.05. The molecule has 2 aromatic heterocycles. The predicted molar refractivity (Wildman–Crippen MR) is 102 cm³/mol. The van der Waals surface area contributed by atoms with E-state index < -0.39 is 0 Å². The summed E-state index contributed by atoms with van der Waals surface area (Å²) in [6, 6.07) is 5.06. The molecule has 2 N–H and O–H groups in total. The highest BCUT2D eigenvalue weighted by atomic mass is 35.5. The zero-order valence-corrected chi connectivity index (χ0v) is 15.3. The molecule has 0 bridgehead atoms. The Morgan fingerprint density at radius 1 is 1.23 bits per heavy atom. The zero-order valence-electron chi connectivity index (χ0n) is 13.7. The third-order valence-corrected chi connectivity index (χ3v) is 5.22. The van der Waals surface area contributed by atoms with Crippen LogP contribution < -0.4 is 10.2 Å². The van der Waals surface area contributed by atoms with Crippen molar-refractivity contribution in [3.8, 4) is 0 Å². The number of nitrogens with one attached hydrogen (secondary N) is 2. The van der Waals surface area contributed by atoms with Crippen LogP contribution in [-0.2, 0) is 4.79 Å². The number of carbonyl (C=O) groups is 1. The summed E-state index contributed by atoms with van der Waals surface area (Å²) in [5, 5.41) is 3.80. The van der Waals surface area contributed by atoms with Gasteiger partial charge in [-0.05, 0) is 31.0 Å². The van der Waals surface area contributed by atoms with Crippen LogP contribution in [0.5, 0.6) is 0 Å². The summed E-state index contributed by atoms with van der Waals surface area (Å²) in [7, 11) is 0. The summed E-state index contributed by atoms with van der Waals surface area (Å²) in [5.74, 6) is 0.591. The largest absolute Gasteiger partial charge is 0.354 e. The molecule has 3 heterocycles. The molecule has 1 fully saturated rings. The topological polar surface area (TPSA) is 86.8 Å². The van der Waals surface area contributed by atoms with Gasteiger partial charge in [-0.3, -0.25) is 4.79 Å². The van der Waals surface area contributed by atoms with Crippen LogP contribution >= 0.6 is 23.2 Å². The molecule has 0 aliphatic carbocycles. The first kappa shape index (κ1) is 17.1. The highest BCUT2D eigenvalue weighted by molar-refractivity contribution is 6.42. The Labute approximate surface area is 159 Å². The molecule has 1 amide bonds. The maximum absolute atomic E-state index is 12.7. The standard InChI is InChI=1S/C17H16Cl2N6O/c18-12-4-3-11(6-13(12)19)24-17(26)10-2-1-5-25(7-10)16-14-15(21-8-20-14)22-9-23-16/h3-4,6,8-10H,1-2,5,7H2,(H,24,26)(H,20,21,22,23)/t10-/m1/s1. The first-order valence-corrected chi connectivity index (χ1v) is 9.02. The van der Waals surface area contributed by atoms with E-state index in [1.807, 2.05) is 0 Å². The van der Waals surface area contributed by atoms with Gasteiger partial charge in [0.15, 0.2) is 11.5 Å².